The van der Waals surface area contributed by atoms with Gasteiger partial charge in [0.2, 0.25) is 0 Å². The number of nitrogens with one attached hydrogen (secondary N) is 1. The normalized spacial score (nSPS) is 12.7. The zero-order valence-corrected chi connectivity index (χ0v) is 11.6. The summed E-state index contributed by atoms with van der Waals surface area (Å²) in [5.41, 5.74) is 2.69. The standard InChI is InChI=1S/C14H17FN2S/c1-9-4-5-11(6-12(9)15)13(16-3)7-14-17-10(2)8-18-14/h4-6,8,13,16H,7H2,1-3H3. The number of rotatable bonds is 4. The molecule has 1 N–H and O–H groups in total. The molecule has 2 nitrogen and oxygen atoms in total. The number of aromatic nitrogens is 1. The van der Waals surface area contributed by atoms with Gasteiger partial charge in [0.25, 0.3) is 0 Å². The summed E-state index contributed by atoms with van der Waals surface area (Å²) in [4.78, 5) is 4.45. The summed E-state index contributed by atoms with van der Waals surface area (Å²) in [6, 6.07) is 5.50. The van der Waals surface area contributed by atoms with Crippen LogP contribution < -0.4 is 5.32 Å². The molecule has 1 atom stereocenters. The fourth-order valence-electron chi connectivity index (χ4n) is 1.88. The van der Waals surface area contributed by atoms with Crippen molar-refractivity contribution in [2.24, 2.45) is 0 Å². The molecule has 0 aliphatic carbocycles. The molecule has 0 amide bonds. The molecule has 0 spiro atoms. The van der Waals surface area contributed by atoms with Gasteiger partial charge < -0.3 is 5.32 Å². The predicted octanol–water partition coefficient (Wildman–Crippen LogP) is 3.40. The van der Waals surface area contributed by atoms with Crippen molar-refractivity contribution in [3.05, 3.63) is 51.2 Å². The third kappa shape index (κ3) is 2.94. The van der Waals surface area contributed by atoms with Crippen molar-refractivity contribution in [1.29, 1.82) is 0 Å². The van der Waals surface area contributed by atoms with Gasteiger partial charge in [0.1, 0.15) is 5.82 Å². The topological polar surface area (TPSA) is 24.9 Å². The molecular weight excluding hydrogens is 247 g/mol. The quantitative estimate of drug-likeness (QED) is 0.915. The first-order valence-electron chi connectivity index (χ1n) is 5.94. The van der Waals surface area contributed by atoms with Crippen LogP contribution in [0.15, 0.2) is 23.6 Å². The fourth-order valence-corrected chi connectivity index (χ4v) is 2.70. The van der Waals surface area contributed by atoms with Crippen LogP contribution in [-0.2, 0) is 6.42 Å². The highest BCUT2D eigenvalue weighted by Crippen LogP contribution is 2.22. The molecule has 1 aromatic carbocycles. The van der Waals surface area contributed by atoms with E-state index in [0.29, 0.717) is 5.56 Å². The van der Waals surface area contributed by atoms with E-state index in [4.69, 9.17) is 0 Å². The molecule has 1 heterocycles. The molecule has 0 radical (unpaired) electrons. The van der Waals surface area contributed by atoms with Crippen molar-refractivity contribution >= 4 is 11.3 Å². The molecule has 2 aromatic rings. The Balaban J connectivity index is 2.19. The van der Waals surface area contributed by atoms with Crippen molar-refractivity contribution in [1.82, 2.24) is 10.3 Å². The van der Waals surface area contributed by atoms with E-state index in [1.165, 1.54) is 0 Å². The molecule has 4 heteroatoms. The molecule has 0 fully saturated rings. The molecule has 0 aliphatic rings. The van der Waals surface area contributed by atoms with E-state index < -0.39 is 0 Å². The van der Waals surface area contributed by atoms with E-state index in [2.05, 4.69) is 10.3 Å². The summed E-state index contributed by atoms with van der Waals surface area (Å²) < 4.78 is 13.6. The number of hydrogen-bond donors (Lipinski definition) is 1. The second-order valence-corrected chi connectivity index (χ2v) is 5.38. The number of benzene rings is 1. The smallest absolute Gasteiger partial charge is 0.126 e. The van der Waals surface area contributed by atoms with Crippen molar-refractivity contribution in [2.75, 3.05) is 7.05 Å². The minimum absolute atomic E-state index is 0.102. The maximum Gasteiger partial charge on any atom is 0.126 e. The number of halogens is 1. The first kappa shape index (κ1) is 13.2. The highest BCUT2D eigenvalue weighted by molar-refractivity contribution is 7.09. The summed E-state index contributed by atoms with van der Waals surface area (Å²) >= 11 is 1.65. The Morgan fingerprint density at radius 3 is 2.72 bits per heavy atom. The van der Waals surface area contributed by atoms with Gasteiger partial charge in [-0.1, -0.05) is 12.1 Å². The Morgan fingerprint density at radius 2 is 2.17 bits per heavy atom. The van der Waals surface area contributed by atoms with Gasteiger partial charge in [0.05, 0.1) is 5.01 Å². The van der Waals surface area contributed by atoms with Gasteiger partial charge in [-0.05, 0) is 38.1 Å². The second-order valence-electron chi connectivity index (χ2n) is 4.44. The number of likely N-dealkylation sites (N-methyl/N-ethyl adjacent to an activating group) is 1. The third-order valence-electron chi connectivity index (χ3n) is 2.99. The summed E-state index contributed by atoms with van der Waals surface area (Å²) in [6.07, 6.45) is 0.789. The lowest BCUT2D eigenvalue weighted by Crippen LogP contribution is -2.19. The Morgan fingerprint density at radius 1 is 1.39 bits per heavy atom. The van der Waals surface area contributed by atoms with Gasteiger partial charge in [-0.3, -0.25) is 0 Å². The van der Waals surface area contributed by atoms with E-state index in [1.54, 1.807) is 24.3 Å². The number of thiazole rings is 1. The summed E-state index contributed by atoms with van der Waals surface area (Å²) in [6.45, 7) is 3.76. The number of hydrogen-bond acceptors (Lipinski definition) is 3. The van der Waals surface area contributed by atoms with Crippen LogP contribution in [0.3, 0.4) is 0 Å². The van der Waals surface area contributed by atoms with Crippen LogP contribution in [-0.4, -0.2) is 12.0 Å². The molecular formula is C14H17FN2S. The van der Waals surface area contributed by atoms with Crippen LogP contribution in [0.2, 0.25) is 0 Å². The van der Waals surface area contributed by atoms with Crippen LogP contribution in [0, 0.1) is 19.7 Å². The maximum atomic E-state index is 13.6. The molecule has 0 saturated heterocycles. The highest BCUT2D eigenvalue weighted by Gasteiger charge is 2.13. The van der Waals surface area contributed by atoms with Gasteiger partial charge in [-0.25, -0.2) is 9.37 Å². The second kappa shape index (κ2) is 5.59. The molecule has 0 saturated carbocycles. The number of aryl methyl sites for hydroxylation is 2. The summed E-state index contributed by atoms with van der Waals surface area (Å²) in [7, 11) is 1.89. The lowest BCUT2D eigenvalue weighted by atomic mass is 10.0. The largest absolute Gasteiger partial charge is 0.313 e. The molecule has 0 bridgehead atoms. The minimum Gasteiger partial charge on any atom is -0.313 e. The average Bonchev–Trinajstić information content (AvgIpc) is 2.75. The van der Waals surface area contributed by atoms with Gasteiger partial charge in [0, 0.05) is 23.5 Å². The lowest BCUT2D eigenvalue weighted by Gasteiger charge is -2.15. The van der Waals surface area contributed by atoms with Crippen molar-refractivity contribution in [3.8, 4) is 0 Å². The highest BCUT2D eigenvalue weighted by atomic mass is 32.1. The predicted molar refractivity (Wildman–Crippen MR) is 73.5 cm³/mol. The lowest BCUT2D eigenvalue weighted by molar-refractivity contribution is 0.573. The summed E-state index contributed by atoms with van der Waals surface area (Å²) in [5, 5.41) is 6.34. The van der Waals surface area contributed by atoms with E-state index >= 15 is 0 Å². The monoisotopic (exact) mass is 264 g/mol. The molecule has 1 aromatic heterocycles. The third-order valence-corrected chi connectivity index (χ3v) is 3.98. The minimum atomic E-state index is -0.150. The van der Waals surface area contributed by atoms with Gasteiger partial charge in [0.15, 0.2) is 0 Å². The number of nitrogens with zero attached hydrogens (tertiary/aromatic N) is 1. The van der Waals surface area contributed by atoms with Gasteiger partial charge in [-0.15, -0.1) is 11.3 Å². The molecule has 96 valence electrons. The van der Waals surface area contributed by atoms with Crippen LogP contribution in [0.4, 0.5) is 4.39 Å². The Labute approximate surface area is 111 Å². The first-order valence-corrected chi connectivity index (χ1v) is 6.82. The van der Waals surface area contributed by atoms with E-state index in [1.807, 2.05) is 31.5 Å². The fraction of sp³-hybridized carbons (Fsp3) is 0.357. The van der Waals surface area contributed by atoms with Gasteiger partial charge >= 0.3 is 0 Å². The van der Waals surface area contributed by atoms with Crippen molar-refractivity contribution in [2.45, 2.75) is 26.3 Å². The Bertz CT molecular complexity index is 536. The zero-order chi connectivity index (χ0) is 13.1. The molecule has 18 heavy (non-hydrogen) atoms. The van der Waals surface area contributed by atoms with E-state index in [0.717, 1.165) is 22.7 Å². The van der Waals surface area contributed by atoms with Crippen molar-refractivity contribution < 1.29 is 4.39 Å². The van der Waals surface area contributed by atoms with Crippen LogP contribution >= 0.6 is 11.3 Å². The van der Waals surface area contributed by atoms with Crippen LogP contribution in [0.25, 0.3) is 0 Å². The molecule has 1 unspecified atom stereocenters. The van der Waals surface area contributed by atoms with Crippen molar-refractivity contribution in [3.63, 3.8) is 0 Å². The van der Waals surface area contributed by atoms with E-state index in [9.17, 15) is 4.39 Å². The molecule has 2 rings (SSSR count). The first-order chi connectivity index (χ1) is 8.60. The zero-order valence-electron chi connectivity index (χ0n) is 10.8. The Kier molecular flexibility index (Phi) is 4.09. The van der Waals surface area contributed by atoms with E-state index in [-0.39, 0.29) is 11.9 Å². The molecule has 0 aliphatic heterocycles. The maximum absolute atomic E-state index is 13.6. The van der Waals surface area contributed by atoms with Crippen LogP contribution in [0.5, 0.6) is 0 Å². The SMILES string of the molecule is CNC(Cc1nc(C)cs1)c1ccc(C)c(F)c1. The van der Waals surface area contributed by atoms with Crippen LogP contribution in [0.1, 0.15) is 27.9 Å². The average molecular weight is 264 g/mol. The Hall–Kier alpha value is -1.26. The van der Waals surface area contributed by atoms with Gasteiger partial charge in [-0.2, -0.15) is 0 Å². The summed E-state index contributed by atoms with van der Waals surface area (Å²) in [5.74, 6) is -0.150.